The summed E-state index contributed by atoms with van der Waals surface area (Å²) in [6.45, 7) is 0. The van der Waals surface area contributed by atoms with Crippen LogP contribution in [0.5, 0.6) is 0 Å². The average molecular weight is 617 g/mol. The number of hydrogen-bond acceptors (Lipinski definition) is 3. The van der Waals surface area contributed by atoms with Gasteiger partial charge in [-0.15, -0.1) is 17.0 Å². The van der Waals surface area contributed by atoms with Crippen molar-refractivity contribution < 1.29 is 0 Å². The minimum absolute atomic E-state index is 0.0173. The molecule has 220 valence electrons. The molecule has 4 heterocycles. The van der Waals surface area contributed by atoms with Gasteiger partial charge in [-0.25, -0.2) is 9.97 Å². The molecule has 0 saturated heterocycles. The molecule has 0 radical (unpaired) electrons. The van der Waals surface area contributed by atoms with E-state index in [9.17, 15) is 0 Å². The van der Waals surface area contributed by atoms with E-state index in [1.165, 1.54) is 41.9 Å². The van der Waals surface area contributed by atoms with Gasteiger partial charge in [-0.1, -0.05) is 151 Å². The summed E-state index contributed by atoms with van der Waals surface area (Å²) >= 11 is 1.83. The first-order chi connectivity index (χ1) is 23.3. The molecule has 0 spiro atoms. The highest BCUT2D eigenvalue weighted by Gasteiger charge is 2.18. The van der Waals surface area contributed by atoms with Crippen LogP contribution < -0.4 is 0 Å². The van der Waals surface area contributed by atoms with Crippen molar-refractivity contribution in [2.75, 3.05) is 0 Å². The zero-order valence-electron chi connectivity index (χ0n) is 25.3. The first kappa shape index (κ1) is 26.4. The van der Waals surface area contributed by atoms with Crippen molar-refractivity contribution in [2.24, 2.45) is 0 Å². The summed E-state index contributed by atoms with van der Waals surface area (Å²) in [6.07, 6.45) is 4.35. The van der Waals surface area contributed by atoms with Gasteiger partial charge in [0.15, 0.2) is 0 Å². The zero-order valence-corrected chi connectivity index (χ0v) is 26.1. The van der Waals surface area contributed by atoms with E-state index < -0.39 is 0 Å². The van der Waals surface area contributed by atoms with Crippen LogP contribution in [0.25, 0.3) is 86.7 Å². The maximum Gasteiger partial charge on any atom is 0.0888 e. The number of pyridine rings is 2. The Kier molecular flexibility index (Phi) is 5.81. The minimum Gasteiger partial charge on any atom is -0.673 e. The molecule has 4 heteroatoms. The van der Waals surface area contributed by atoms with Crippen LogP contribution in [0.1, 0.15) is 17.2 Å². The molecule has 1 atom stereocenters. The molecule has 6 aromatic carbocycles. The van der Waals surface area contributed by atoms with Gasteiger partial charge in [-0.3, -0.25) is 0 Å². The quantitative estimate of drug-likeness (QED) is 0.185. The standard InChI is InChI=1S/C43H26N3S/c1-2-9-27(10-3-1)35-24-21-29-18-19-30-22-25-36(45-40(30)39(29)44-35)28-14-16-31(17-15-28)41-43-38(33-12-6-7-13-37(33)47-43)34-23-20-26-8-4-5-11-32(26)42(34)46-41/h1-25,35H/q-1. The highest BCUT2D eigenvalue weighted by Crippen LogP contribution is 2.46. The van der Waals surface area contributed by atoms with Crippen molar-refractivity contribution in [3.05, 3.63) is 162 Å². The Morgan fingerprint density at radius 2 is 1.30 bits per heavy atom. The van der Waals surface area contributed by atoms with Gasteiger partial charge in [0.05, 0.1) is 27.1 Å². The molecule has 1 unspecified atom stereocenters. The molecule has 3 aromatic heterocycles. The van der Waals surface area contributed by atoms with Crippen molar-refractivity contribution in [1.82, 2.24) is 9.97 Å². The first-order valence-electron chi connectivity index (χ1n) is 15.9. The zero-order chi connectivity index (χ0) is 30.9. The summed E-state index contributed by atoms with van der Waals surface area (Å²) in [5.41, 5.74) is 9.35. The Bertz CT molecular complexity index is 2710. The number of thiophene rings is 1. The van der Waals surface area contributed by atoms with E-state index in [4.69, 9.17) is 15.3 Å². The molecular formula is C43H26N3S-. The molecule has 0 bridgehead atoms. The van der Waals surface area contributed by atoms with Crippen LogP contribution in [0.3, 0.4) is 0 Å². The van der Waals surface area contributed by atoms with Crippen molar-refractivity contribution in [3.63, 3.8) is 0 Å². The number of hydrogen-bond donors (Lipinski definition) is 0. The highest BCUT2D eigenvalue weighted by molar-refractivity contribution is 7.26. The Hall–Kier alpha value is -5.84. The van der Waals surface area contributed by atoms with Gasteiger partial charge < -0.3 is 5.32 Å². The molecule has 0 amide bonds. The van der Waals surface area contributed by atoms with Gasteiger partial charge in [-0.2, -0.15) is 0 Å². The molecular weight excluding hydrogens is 591 g/mol. The molecule has 10 rings (SSSR count). The molecule has 3 nitrogen and oxygen atoms in total. The SMILES string of the molecule is C1=CC(c2ccccc2)[N-]c2c1ccc1ccc(-c3ccc(-c4nc5c6ccccc6ccc5c5c4sc4ccccc45)cc3)nc21. The van der Waals surface area contributed by atoms with Crippen LogP contribution >= 0.6 is 11.3 Å². The summed E-state index contributed by atoms with van der Waals surface area (Å²) in [5.74, 6) is 0. The third-order valence-electron chi connectivity index (χ3n) is 9.39. The van der Waals surface area contributed by atoms with Gasteiger partial charge >= 0.3 is 0 Å². The van der Waals surface area contributed by atoms with Gasteiger partial charge in [0, 0.05) is 37.4 Å². The van der Waals surface area contributed by atoms with Crippen LogP contribution in [0.2, 0.25) is 0 Å². The van der Waals surface area contributed by atoms with Gasteiger partial charge in [-0.05, 0) is 28.5 Å². The lowest BCUT2D eigenvalue weighted by atomic mass is 9.97. The Labute approximate surface area is 275 Å². The minimum atomic E-state index is -0.0173. The number of rotatable bonds is 3. The van der Waals surface area contributed by atoms with Gasteiger partial charge in [0.25, 0.3) is 0 Å². The second-order valence-corrected chi connectivity index (χ2v) is 13.2. The van der Waals surface area contributed by atoms with Crippen LogP contribution in [0, 0.1) is 0 Å². The van der Waals surface area contributed by atoms with E-state index in [0.29, 0.717) is 0 Å². The van der Waals surface area contributed by atoms with E-state index in [1.807, 2.05) is 17.4 Å². The van der Waals surface area contributed by atoms with Crippen molar-refractivity contribution in [3.8, 4) is 22.5 Å². The van der Waals surface area contributed by atoms with E-state index in [2.05, 4.69) is 146 Å². The van der Waals surface area contributed by atoms with E-state index >= 15 is 0 Å². The Balaban J connectivity index is 1.10. The monoisotopic (exact) mass is 616 g/mol. The highest BCUT2D eigenvalue weighted by atomic mass is 32.1. The number of fused-ring (bicyclic) bond motifs is 10. The number of aromatic nitrogens is 2. The lowest BCUT2D eigenvalue weighted by Crippen LogP contribution is -1.98. The lowest BCUT2D eigenvalue weighted by molar-refractivity contribution is 1.04. The van der Waals surface area contributed by atoms with E-state index in [-0.39, 0.29) is 6.04 Å². The fourth-order valence-electron chi connectivity index (χ4n) is 7.05. The number of nitrogens with zero attached hydrogens (tertiary/aromatic N) is 3. The fourth-order valence-corrected chi connectivity index (χ4v) is 8.28. The van der Waals surface area contributed by atoms with Crippen molar-refractivity contribution in [1.29, 1.82) is 0 Å². The smallest absolute Gasteiger partial charge is 0.0888 e. The van der Waals surface area contributed by atoms with E-state index in [1.54, 1.807) is 0 Å². The van der Waals surface area contributed by atoms with Crippen LogP contribution in [0.15, 0.2) is 146 Å². The fraction of sp³-hybridized carbons (Fsp3) is 0.0233. The molecule has 0 N–H and O–H groups in total. The third kappa shape index (κ3) is 4.19. The summed E-state index contributed by atoms with van der Waals surface area (Å²) in [5, 5.41) is 12.4. The molecule has 1 aliphatic rings. The molecule has 1 aliphatic heterocycles. The third-order valence-corrected chi connectivity index (χ3v) is 10.6. The maximum absolute atomic E-state index is 5.40. The van der Waals surface area contributed by atoms with Crippen LogP contribution in [0.4, 0.5) is 5.69 Å². The predicted octanol–water partition coefficient (Wildman–Crippen LogP) is 12.4. The molecule has 0 aliphatic carbocycles. The summed E-state index contributed by atoms with van der Waals surface area (Å²) in [6, 6.07) is 49.5. The first-order valence-corrected chi connectivity index (χ1v) is 16.7. The maximum atomic E-state index is 5.40. The molecule has 47 heavy (non-hydrogen) atoms. The Morgan fingerprint density at radius 1 is 0.553 bits per heavy atom. The summed E-state index contributed by atoms with van der Waals surface area (Å²) < 4.78 is 2.50. The van der Waals surface area contributed by atoms with Crippen LogP contribution in [-0.2, 0) is 0 Å². The van der Waals surface area contributed by atoms with Crippen LogP contribution in [-0.4, -0.2) is 9.97 Å². The molecule has 9 aromatic rings. The van der Waals surface area contributed by atoms with Gasteiger partial charge in [0.2, 0.25) is 0 Å². The average Bonchev–Trinajstić information content (AvgIpc) is 3.54. The number of benzene rings is 6. The normalized spacial score (nSPS) is 14.3. The van der Waals surface area contributed by atoms with Crippen molar-refractivity contribution in [2.45, 2.75) is 6.04 Å². The predicted molar refractivity (Wildman–Crippen MR) is 200 cm³/mol. The second-order valence-electron chi connectivity index (χ2n) is 12.1. The van der Waals surface area contributed by atoms with E-state index in [0.717, 1.165) is 50.2 Å². The summed E-state index contributed by atoms with van der Waals surface area (Å²) in [4.78, 5) is 10.6. The Morgan fingerprint density at radius 3 is 2.19 bits per heavy atom. The lowest BCUT2D eigenvalue weighted by Gasteiger charge is -2.37. The second kappa shape index (κ2) is 10.3. The molecule has 0 saturated carbocycles. The topological polar surface area (TPSA) is 39.9 Å². The summed E-state index contributed by atoms with van der Waals surface area (Å²) in [7, 11) is 0. The van der Waals surface area contributed by atoms with Crippen molar-refractivity contribution >= 4 is 75.9 Å². The largest absolute Gasteiger partial charge is 0.673 e. The van der Waals surface area contributed by atoms with Gasteiger partial charge in [0.1, 0.15) is 0 Å². The molecule has 0 fully saturated rings.